The number of hydrogen-bond acceptors (Lipinski definition) is 6. The van der Waals surface area contributed by atoms with E-state index in [-0.39, 0.29) is 11.3 Å². The van der Waals surface area contributed by atoms with Crippen LogP contribution in [0.2, 0.25) is 0 Å². The molecular weight excluding hydrogens is 414 g/mol. The lowest BCUT2D eigenvalue weighted by molar-refractivity contribution is -0.132. The van der Waals surface area contributed by atoms with Gasteiger partial charge in [-0.15, -0.1) is 11.3 Å². The zero-order chi connectivity index (χ0) is 22.0. The molecule has 0 bridgehead atoms. The molecule has 6 nitrogen and oxygen atoms in total. The van der Waals surface area contributed by atoms with Crippen molar-refractivity contribution in [2.24, 2.45) is 0 Å². The molecule has 3 aromatic rings. The molecule has 7 heteroatoms. The van der Waals surface area contributed by atoms with E-state index in [1.165, 1.54) is 16.2 Å². The molecule has 1 fully saturated rings. The zero-order valence-corrected chi connectivity index (χ0v) is 17.9. The Bertz CT molecular complexity index is 1140. The maximum absolute atomic E-state index is 13.1. The number of Topliss-reactive ketones (excluding diaryl/α,β-unsaturated/α-hetero) is 1. The number of ether oxygens (including phenoxy) is 2. The Morgan fingerprint density at radius 3 is 2.48 bits per heavy atom. The van der Waals surface area contributed by atoms with Crippen molar-refractivity contribution >= 4 is 34.5 Å². The number of methoxy groups -OCH3 is 1. The normalized spacial score (nSPS) is 17.7. The third-order valence-corrected chi connectivity index (χ3v) is 5.95. The summed E-state index contributed by atoms with van der Waals surface area (Å²) in [5, 5.41) is 13.0. The lowest BCUT2D eigenvalue weighted by Crippen LogP contribution is -2.29. The second kappa shape index (κ2) is 8.65. The van der Waals surface area contributed by atoms with E-state index in [2.05, 4.69) is 0 Å². The fourth-order valence-corrected chi connectivity index (χ4v) is 4.44. The second-order valence-corrected chi connectivity index (χ2v) is 7.82. The summed E-state index contributed by atoms with van der Waals surface area (Å²) >= 11 is 1.42. The van der Waals surface area contributed by atoms with Crippen molar-refractivity contribution in [3.05, 3.63) is 82.1 Å². The Morgan fingerprint density at radius 2 is 1.84 bits per heavy atom. The lowest BCUT2D eigenvalue weighted by Gasteiger charge is -2.24. The monoisotopic (exact) mass is 435 g/mol. The molecule has 4 rings (SSSR count). The minimum Gasteiger partial charge on any atom is -0.507 e. The lowest BCUT2D eigenvalue weighted by atomic mass is 9.99. The number of anilines is 1. The van der Waals surface area contributed by atoms with Gasteiger partial charge in [-0.2, -0.15) is 0 Å². The van der Waals surface area contributed by atoms with E-state index in [9.17, 15) is 14.7 Å². The van der Waals surface area contributed by atoms with E-state index in [1.54, 1.807) is 55.6 Å². The number of carbonyl (C=O) groups is 2. The summed E-state index contributed by atoms with van der Waals surface area (Å²) in [6, 6.07) is 16.7. The molecule has 158 valence electrons. The Morgan fingerprint density at radius 1 is 1.06 bits per heavy atom. The van der Waals surface area contributed by atoms with Crippen LogP contribution in [0.5, 0.6) is 11.5 Å². The van der Waals surface area contributed by atoms with E-state index in [4.69, 9.17) is 9.47 Å². The van der Waals surface area contributed by atoms with Gasteiger partial charge in [0, 0.05) is 16.1 Å². The van der Waals surface area contributed by atoms with Crippen LogP contribution in [0.25, 0.3) is 5.76 Å². The smallest absolute Gasteiger partial charge is 0.300 e. The molecule has 1 N–H and O–H groups in total. The van der Waals surface area contributed by atoms with Crippen LogP contribution in [0, 0.1) is 0 Å². The van der Waals surface area contributed by atoms with Gasteiger partial charge in [-0.1, -0.05) is 18.2 Å². The maximum atomic E-state index is 13.1. The Hall–Kier alpha value is -3.58. The Balaban J connectivity index is 1.86. The number of thiophene rings is 1. The number of rotatable bonds is 6. The minimum absolute atomic E-state index is 0.0527. The number of amides is 1. The van der Waals surface area contributed by atoms with Gasteiger partial charge in [-0.25, -0.2) is 0 Å². The van der Waals surface area contributed by atoms with Crippen LogP contribution < -0.4 is 14.4 Å². The van der Waals surface area contributed by atoms with Gasteiger partial charge >= 0.3 is 0 Å². The zero-order valence-electron chi connectivity index (χ0n) is 17.1. The van der Waals surface area contributed by atoms with Gasteiger partial charge in [-0.05, 0) is 54.8 Å². The summed E-state index contributed by atoms with van der Waals surface area (Å²) in [5.41, 5.74) is 1.01. The van der Waals surface area contributed by atoms with Crippen LogP contribution in [0.3, 0.4) is 0 Å². The summed E-state index contributed by atoms with van der Waals surface area (Å²) in [5.74, 6) is -0.432. The average molecular weight is 436 g/mol. The number of aliphatic hydroxyl groups is 1. The van der Waals surface area contributed by atoms with Crippen molar-refractivity contribution in [1.29, 1.82) is 0 Å². The largest absolute Gasteiger partial charge is 0.507 e. The van der Waals surface area contributed by atoms with Gasteiger partial charge < -0.3 is 14.6 Å². The number of carbonyl (C=O) groups excluding carboxylic acids is 2. The highest BCUT2D eigenvalue weighted by atomic mass is 32.1. The number of hydrogen-bond donors (Lipinski definition) is 1. The molecule has 1 aliphatic heterocycles. The van der Waals surface area contributed by atoms with E-state index >= 15 is 0 Å². The SMILES string of the molecule is CCOc1cccc(/C(O)=C2/C(=O)C(=O)N(c3ccc(OC)cc3)C2c2cccs2)c1. The molecule has 2 heterocycles. The van der Waals surface area contributed by atoms with Gasteiger partial charge in [0.2, 0.25) is 0 Å². The predicted octanol–water partition coefficient (Wildman–Crippen LogP) is 4.78. The van der Waals surface area contributed by atoms with E-state index in [0.717, 1.165) is 4.88 Å². The number of ketones is 1. The fourth-order valence-electron chi connectivity index (χ4n) is 3.61. The van der Waals surface area contributed by atoms with Crippen LogP contribution >= 0.6 is 11.3 Å². The van der Waals surface area contributed by atoms with Gasteiger partial charge in [0.15, 0.2) is 0 Å². The molecule has 2 aromatic carbocycles. The number of nitrogens with zero attached hydrogens (tertiary/aromatic N) is 1. The third-order valence-electron chi connectivity index (χ3n) is 5.03. The highest BCUT2D eigenvalue weighted by molar-refractivity contribution is 7.10. The van der Waals surface area contributed by atoms with Crippen molar-refractivity contribution in [3.63, 3.8) is 0 Å². The summed E-state index contributed by atoms with van der Waals surface area (Å²) in [4.78, 5) is 28.3. The number of aliphatic hydroxyl groups excluding tert-OH is 1. The first-order chi connectivity index (χ1) is 15.0. The highest BCUT2D eigenvalue weighted by Gasteiger charge is 2.47. The fraction of sp³-hybridized carbons (Fsp3) is 0.167. The third kappa shape index (κ3) is 3.80. The maximum Gasteiger partial charge on any atom is 0.300 e. The molecule has 0 aliphatic carbocycles. The molecule has 0 saturated carbocycles. The van der Waals surface area contributed by atoms with E-state index in [1.807, 2.05) is 24.4 Å². The first-order valence-electron chi connectivity index (χ1n) is 9.76. The molecule has 1 aliphatic rings. The standard InChI is InChI=1S/C24H21NO5S/c1-3-30-18-7-4-6-15(14-18)22(26)20-21(19-8-5-13-31-19)25(24(28)23(20)27)16-9-11-17(29-2)12-10-16/h4-14,21,26H,3H2,1-2H3/b22-20-. The van der Waals surface area contributed by atoms with Crippen molar-refractivity contribution in [1.82, 2.24) is 0 Å². The summed E-state index contributed by atoms with van der Waals surface area (Å²) in [6.45, 7) is 2.34. The molecule has 1 atom stereocenters. The van der Waals surface area contributed by atoms with Gasteiger partial charge in [0.05, 0.1) is 19.3 Å². The summed E-state index contributed by atoms with van der Waals surface area (Å²) < 4.78 is 10.7. The second-order valence-electron chi connectivity index (χ2n) is 6.84. The van der Waals surface area contributed by atoms with E-state index < -0.39 is 17.7 Å². The Labute approximate surface area is 184 Å². The molecule has 1 unspecified atom stereocenters. The van der Waals surface area contributed by atoms with Crippen molar-refractivity contribution < 1.29 is 24.2 Å². The predicted molar refractivity (Wildman–Crippen MR) is 120 cm³/mol. The van der Waals surface area contributed by atoms with Gasteiger partial charge in [0.25, 0.3) is 11.7 Å². The molecule has 1 amide bonds. The summed E-state index contributed by atoms with van der Waals surface area (Å²) in [7, 11) is 1.56. The molecule has 31 heavy (non-hydrogen) atoms. The van der Waals surface area contributed by atoms with Crippen LogP contribution in [0.4, 0.5) is 5.69 Å². The molecule has 1 aromatic heterocycles. The first-order valence-corrected chi connectivity index (χ1v) is 10.6. The van der Waals surface area contributed by atoms with E-state index in [0.29, 0.717) is 29.4 Å². The first kappa shape index (κ1) is 20.7. The van der Waals surface area contributed by atoms with Crippen LogP contribution in [-0.4, -0.2) is 30.5 Å². The summed E-state index contributed by atoms with van der Waals surface area (Å²) in [6.07, 6.45) is 0. The number of benzene rings is 2. The van der Waals surface area contributed by atoms with Crippen molar-refractivity contribution in [3.8, 4) is 11.5 Å². The van der Waals surface area contributed by atoms with Gasteiger partial charge in [-0.3, -0.25) is 14.5 Å². The minimum atomic E-state index is -0.732. The molecular formula is C24H21NO5S. The average Bonchev–Trinajstić information content (AvgIpc) is 3.41. The van der Waals surface area contributed by atoms with Gasteiger partial charge in [0.1, 0.15) is 23.3 Å². The molecule has 0 spiro atoms. The van der Waals surface area contributed by atoms with Crippen molar-refractivity contribution in [2.45, 2.75) is 13.0 Å². The highest BCUT2D eigenvalue weighted by Crippen LogP contribution is 2.44. The quantitative estimate of drug-likeness (QED) is 0.343. The topological polar surface area (TPSA) is 76.1 Å². The van der Waals surface area contributed by atoms with Crippen LogP contribution in [-0.2, 0) is 9.59 Å². The molecule has 1 saturated heterocycles. The van der Waals surface area contributed by atoms with Crippen LogP contribution in [0.15, 0.2) is 71.6 Å². The Kier molecular flexibility index (Phi) is 5.77. The molecule has 0 radical (unpaired) electrons. The van der Waals surface area contributed by atoms with Crippen LogP contribution in [0.1, 0.15) is 23.4 Å². The van der Waals surface area contributed by atoms with Crippen molar-refractivity contribution in [2.75, 3.05) is 18.6 Å².